The summed E-state index contributed by atoms with van der Waals surface area (Å²) in [4.78, 5) is 11.9. The number of hydrazone groups is 1. The second-order valence-corrected chi connectivity index (χ2v) is 4.36. The number of methoxy groups -OCH3 is 2. The van der Waals surface area contributed by atoms with Crippen molar-refractivity contribution in [3.05, 3.63) is 53.6 Å². The molecule has 0 radical (unpaired) electrons. The molecule has 0 atom stereocenters. The lowest BCUT2D eigenvalue weighted by Crippen LogP contribution is -2.17. The molecule has 0 aliphatic carbocycles. The van der Waals surface area contributed by atoms with Crippen molar-refractivity contribution >= 4 is 12.1 Å². The maximum atomic E-state index is 11.9. The first-order valence-corrected chi connectivity index (χ1v) is 6.48. The zero-order valence-corrected chi connectivity index (χ0v) is 12.2. The number of hydrogen-bond donors (Lipinski definition) is 2. The van der Waals surface area contributed by atoms with E-state index < -0.39 is 0 Å². The highest BCUT2D eigenvalue weighted by Crippen LogP contribution is 2.25. The third kappa shape index (κ3) is 3.76. The Kier molecular flexibility index (Phi) is 4.98. The van der Waals surface area contributed by atoms with Gasteiger partial charge in [0.2, 0.25) is 0 Å². The molecule has 0 fully saturated rings. The minimum Gasteiger partial charge on any atom is -0.504 e. The Morgan fingerprint density at radius 2 is 1.86 bits per heavy atom. The van der Waals surface area contributed by atoms with Crippen LogP contribution in [0.3, 0.4) is 0 Å². The zero-order valence-electron chi connectivity index (χ0n) is 12.2. The predicted molar refractivity (Wildman–Crippen MR) is 82.7 cm³/mol. The van der Waals surface area contributed by atoms with Crippen LogP contribution in [0.4, 0.5) is 0 Å². The molecule has 0 aromatic heterocycles. The van der Waals surface area contributed by atoms with E-state index in [1.54, 1.807) is 43.5 Å². The van der Waals surface area contributed by atoms with Crippen LogP contribution < -0.4 is 14.9 Å². The number of hydrogen-bond acceptors (Lipinski definition) is 5. The predicted octanol–water partition coefficient (Wildman–Crippen LogP) is 2.17. The fourth-order valence-corrected chi connectivity index (χ4v) is 1.75. The smallest absolute Gasteiger partial charge is 0.271 e. The second-order valence-electron chi connectivity index (χ2n) is 4.36. The highest BCUT2D eigenvalue weighted by Gasteiger charge is 2.04. The number of rotatable bonds is 5. The average molecular weight is 300 g/mol. The first-order valence-electron chi connectivity index (χ1n) is 6.48. The van der Waals surface area contributed by atoms with Gasteiger partial charge in [0.25, 0.3) is 5.91 Å². The highest BCUT2D eigenvalue weighted by molar-refractivity contribution is 5.95. The van der Waals surface area contributed by atoms with E-state index in [9.17, 15) is 9.90 Å². The van der Waals surface area contributed by atoms with Crippen molar-refractivity contribution in [3.63, 3.8) is 0 Å². The van der Waals surface area contributed by atoms with Gasteiger partial charge in [-0.2, -0.15) is 5.10 Å². The Bertz CT molecular complexity index is 681. The van der Waals surface area contributed by atoms with E-state index in [1.165, 1.54) is 19.4 Å². The lowest BCUT2D eigenvalue weighted by Gasteiger charge is -2.04. The summed E-state index contributed by atoms with van der Waals surface area (Å²) >= 11 is 0. The van der Waals surface area contributed by atoms with Crippen molar-refractivity contribution in [1.29, 1.82) is 0 Å². The van der Waals surface area contributed by atoms with Gasteiger partial charge in [0, 0.05) is 5.56 Å². The van der Waals surface area contributed by atoms with E-state index in [0.717, 1.165) is 0 Å². The van der Waals surface area contributed by atoms with E-state index >= 15 is 0 Å². The third-order valence-electron chi connectivity index (χ3n) is 2.94. The Morgan fingerprint density at radius 1 is 1.14 bits per heavy atom. The Labute approximate surface area is 128 Å². The monoisotopic (exact) mass is 300 g/mol. The molecule has 0 saturated heterocycles. The maximum absolute atomic E-state index is 11.9. The first kappa shape index (κ1) is 15.4. The number of carbonyl (C=O) groups excluding carboxylic acids is 1. The molecular formula is C16H16N2O4. The van der Waals surface area contributed by atoms with Crippen LogP contribution in [0.15, 0.2) is 47.6 Å². The summed E-state index contributed by atoms with van der Waals surface area (Å²) in [7, 11) is 3.02. The lowest BCUT2D eigenvalue weighted by atomic mass is 10.2. The quantitative estimate of drug-likeness (QED) is 0.655. The van der Waals surface area contributed by atoms with Crippen molar-refractivity contribution in [3.8, 4) is 17.2 Å². The summed E-state index contributed by atoms with van der Waals surface area (Å²) in [6.45, 7) is 0. The van der Waals surface area contributed by atoms with Crippen LogP contribution in [-0.2, 0) is 0 Å². The molecule has 22 heavy (non-hydrogen) atoms. The topological polar surface area (TPSA) is 80.2 Å². The van der Waals surface area contributed by atoms with Crippen molar-refractivity contribution in [1.82, 2.24) is 5.43 Å². The number of carbonyl (C=O) groups is 1. The third-order valence-corrected chi connectivity index (χ3v) is 2.94. The lowest BCUT2D eigenvalue weighted by molar-refractivity contribution is 0.0955. The largest absolute Gasteiger partial charge is 0.504 e. The molecule has 0 spiro atoms. The number of amides is 1. The van der Waals surface area contributed by atoms with Crippen LogP contribution in [0.25, 0.3) is 0 Å². The number of benzene rings is 2. The van der Waals surface area contributed by atoms with Gasteiger partial charge in [-0.15, -0.1) is 0 Å². The SMILES string of the molecule is COc1ccc(C(=O)NN=Cc2ccc(O)c(OC)c2)cc1. The summed E-state index contributed by atoms with van der Waals surface area (Å²) < 4.78 is 10.0. The van der Waals surface area contributed by atoms with Crippen LogP contribution in [0.5, 0.6) is 17.2 Å². The van der Waals surface area contributed by atoms with Gasteiger partial charge in [0.15, 0.2) is 11.5 Å². The number of nitrogens with one attached hydrogen (secondary N) is 1. The van der Waals surface area contributed by atoms with Gasteiger partial charge >= 0.3 is 0 Å². The van der Waals surface area contributed by atoms with Crippen molar-refractivity contribution in [2.24, 2.45) is 5.10 Å². The highest BCUT2D eigenvalue weighted by atomic mass is 16.5. The molecule has 1 amide bonds. The Morgan fingerprint density at radius 3 is 2.50 bits per heavy atom. The van der Waals surface area contributed by atoms with Gasteiger partial charge in [-0.05, 0) is 48.0 Å². The van der Waals surface area contributed by atoms with Crippen LogP contribution in [0.2, 0.25) is 0 Å². The molecule has 0 aliphatic heterocycles. The van der Waals surface area contributed by atoms with E-state index in [-0.39, 0.29) is 11.7 Å². The van der Waals surface area contributed by atoms with Gasteiger partial charge in [-0.25, -0.2) is 5.43 Å². The summed E-state index contributed by atoms with van der Waals surface area (Å²) in [6, 6.07) is 11.4. The molecule has 6 nitrogen and oxygen atoms in total. The maximum Gasteiger partial charge on any atom is 0.271 e. The Balaban J connectivity index is 2.00. The van der Waals surface area contributed by atoms with Gasteiger partial charge < -0.3 is 14.6 Å². The molecule has 2 N–H and O–H groups in total. The van der Waals surface area contributed by atoms with Crippen LogP contribution in [0.1, 0.15) is 15.9 Å². The normalized spacial score (nSPS) is 10.5. The van der Waals surface area contributed by atoms with E-state index in [0.29, 0.717) is 22.6 Å². The summed E-state index contributed by atoms with van der Waals surface area (Å²) in [5.74, 6) is 0.730. The van der Waals surface area contributed by atoms with Crippen LogP contribution in [0, 0.1) is 0 Å². The molecule has 0 saturated carbocycles. The zero-order chi connectivity index (χ0) is 15.9. The number of phenolic OH excluding ortho intramolecular Hbond substituents is 1. The molecule has 0 heterocycles. The Hall–Kier alpha value is -3.02. The number of ether oxygens (including phenoxy) is 2. The molecule has 6 heteroatoms. The molecule has 114 valence electrons. The molecule has 2 aromatic rings. The fraction of sp³-hybridized carbons (Fsp3) is 0.125. The van der Waals surface area contributed by atoms with Crippen LogP contribution in [-0.4, -0.2) is 31.4 Å². The van der Waals surface area contributed by atoms with Crippen LogP contribution >= 0.6 is 0 Å². The molecule has 0 unspecified atom stereocenters. The van der Waals surface area contributed by atoms with E-state index in [1.807, 2.05) is 0 Å². The standard InChI is InChI=1S/C16H16N2O4/c1-21-13-6-4-12(5-7-13)16(20)18-17-10-11-3-8-14(19)15(9-11)22-2/h3-10,19H,1-2H3,(H,18,20). The van der Waals surface area contributed by atoms with Gasteiger partial charge in [0.05, 0.1) is 20.4 Å². The number of aromatic hydroxyl groups is 1. The second kappa shape index (κ2) is 7.12. The minimum atomic E-state index is -0.329. The molecular weight excluding hydrogens is 284 g/mol. The first-order chi connectivity index (χ1) is 10.6. The van der Waals surface area contributed by atoms with E-state index in [2.05, 4.69) is 10.5 Å². The summed E-state index contributed by atoms with van der Waals surface area (Å²) in [6.07, 6.45) is 1.46. The average Bonchev–Trinajstić information content (AvgIpc) is 2.56. The molecule has 0 aliphatic rings. The summed E-state index contributed by atoms with van der Waals surface area (Å²) in [5, 5.41) is 13.4. The van der Waals surface area contributed by atoms with Crippen molar-refractivity contribution in [2.75, 3.05) is 14.2 Å². The summed E-state index contributed by atoms with van der Waals surface area (Å²) in [5.41, 5.74) is 3.58. The minimum absolute atomic E-state index is 0.0434. The molecule has 2 rings (SSSR count). The number of nitrogens with zero attached hydrogens (tertiary/aromatic N) is 1. The fourth-order valence-electron chi connectivity index (χ4n) is 1.75. The van der Waals surface area contributed by atoms with Gasteiger partial charge in [-0.3, -0.25) is 4.79 Å². The van der Waals surface area contributed by atoms with Crippen molar-refractivity contribution < 1.29 is 19.4 Å². The van der Waals surface area contributed by atoms with Gasteiger partial charge in [-0.1, -0.05) is 0 Å². The molecule has 2 aromatic carbocycles. The number of phenols is 1. The molecule has 0 bridgehead atoms. The van der Waals surface area contributed by atoms with E-state index in [4.69, 9.17) is 9.47 Å². The van der Waals surface area contributed by atoms with Crippen molar-refractivity contribution in [2.45, 2.75) is 0 Å². The van der Waals surface area contributed by atoms with Gasteiger partial charge in [0.1, 0.15) is 5.75 Å².